The number of alkyl halides is 3. The van der Waals surface area contributed by atoms with Crippen molar-refractivity contribution in [1.82, 2.24) is 24.6 Å². The summed E-state index contributed by atoms with van der Waals surface area (Å²) in [5, 5.41) is 9.37. The minimum Gasteiger partial charge on any atom is -0.406 e. The highest BCUT2D eigenvalue weighted by molar-refractivity contribution is 7.07. The molecule has 0 saturated heterocycles. The third kappa shape index (κ3) is 8.27. The van der Waals surface area contributed by atoms with Crippen molar-refractivity contribution in [2.45, 2.75) is 52.8 Å². The number of aromatic nitrogens is 4. The third-order valence-electron chi connectivity index (χ3n) is 7.03. The molecule has 0 bridgehead atoms. The fraction of sp³-hybridized carbons (Fsp3) is 0.273. The van der Waals surface area contributed by atoms with Crippen LogP contribution in [0, 0.1) is 13.8 Å². The predicted molar refractivity (Wildman–Crippen MR) is 168 cm³/mol. The molecule has 2 heterocycles. The van der Waals surface area contributed by atoms with Gasteiger partial charge in [-0.1, -0.05) is 49.7 Å². The van der Waals surface area contributed by atoms with Gasteiger partial charge < -0.3 is 10.1 Å². The fourth-order valence-electron chi connectivity index (χ4n) is 4.88. The van der Waals surface area contributed by atoms with Gasteiger partial charge >= 0.3 is 12.4 Å². The monoisotopic (exact) mass is 634 g/mol. The van der Waals surface area contributed by atoms with Crippen molar-refractivity contribution < 1.29 is 22.7 Å². The number of hydrogen-bond donors (Lipinski definition) is 1. The number of nitrogens with zero attached hydrogens (tertiary/aromatic N) is 5. The minimum atomic E-state index is -4.74. The maximum Gasteiger partial charge on any atom is 0.573 e. The van der Waals surface area contributed by atoms with Gasteiger partial charge in [0.1, 0.15) is 12.1 Å². The summed E-state index contributed by atoms with van der Waals surface area (Å²) in [4.78, 5) is 22.1. The Labute approximate surface area is 262 Å². The molecule has 3 aromatic carbocycles. The predicted octanol–water partition coefficient (Wildman–Crippen LogP) is 7.50. The molecule has 0 spiro atoms. The molecule has 5 aromatic rings. The number of nitrogens with one attached hydrogen (secondary N) is 1. The molecule has 45 heavy (non-hydrogen) atoms. The molecular formula is C33H33F3N6O2S. The molecule has 0 fully saturated rings. The van der Waals surface area contributed by atoms with Crippen LogP contribution in [-0.2, 0) is 12.8 Å². The van der Waals surface area contributed by atoms with Crippen molar-refractivity contribution >= 4 is 17.4 Å². The summed E-state index contributed by atoms with van der Waals surface area (Å²) in [5.41, 5.74) is 6.94. The number of carbonyl (C=O) groups is 1. The molecular weight excluding hydrogens is 601 g/mol. The van der Waals surface area contributed by atoms with Gasteiger partial charge in [-0.2, -0.15) is 4.99 Å². The molecule has 0 saturated carbocycles. The number of thiazole rings is 1. The van der Waals surface area contributed by atoms with Crippen molar-refractivity contribution in [3.05, 3.63) is 106 Å². The molecule has 5 rings (SSSR count). The van der Waals surface area contributed by atoms with Crippen LogP contribution in [0.3, 0.4) is 0 Å². The van der Waals surface area contributed by atoms with Crippen molar-refractivity contribution in [2.24, 2.45) is 4.99 Å². The average Bonchev–Trinajstić information content (AvgIpc) is 3.63. The van der Waals surface area contributed by atoms with Crippen molar-refractivity contribution in [3.63, 3.8) is 0 Å². The summed E-state index contributed by atoms with van der Waals surface area (Å²) in [6.45, 7) is 6.73. The van der Waals surface area contributed by atoms with Crippen LogP contribution >= 0.6 is 11.3 Å². The summed E-state index contributed by atoms with van der Waals surface area (Å²) < 4.78 is 44.7. The maximum absolute atomic E-state index is 12.7. The number of benzene rings is 3. The third-order valence-corrected chi connectivity index (χ3v) is 7.98. The first kappa shape index (κ1) is 31.7. The van der Waals surface area contributed by atoms with Crippen LogP contribution in [0.4, 0.5) is 18.0 Å². The van der Waals surface area contributed by atoms with Gasteiger partial charge in [-0.15, -0.1) is 29.6 Å². The lowest BCUT2D eigenvalue weighted by atomic mass is 10.1. The molecule has 0 unspecified atom stereocenters. The van der Waals surface area contributed by atoms with Crippen molar-refractivity contribution in [1.29, 1.82) is 0 Å². The van der Waals surface area contributed by atoms with E-state index >= 15 is 0 Å². The summed E-state index contributed by atoms with van der Waals surface area (Å²) in [5.74, 6) is 0.181. The Morgan fingerprint density at radius 2 is 1.78 bits per heavy atom. The van der Waals surface area contributed by atoms with E-state index in [1.54, 1.807) is 0 Å². The molecule has 0 aliphatic carbocycles. The van der Waals surface area contributed by atoms with Gasteiger partial charge in [0.15, 0.2) is 10.6 Å². The Bertz CT molecular complexity index is 1820. The normalized spacial score (nSPS) is 12.0. The smallest absolute Gasteiger partial charge is 0.406 e. The molecule has 2 aromatic heterocycles. The van der Waals surface area contributed by atoms with E-state index < -0.39 is 6.36 Å². The Hall–Kier alpha value is -4.71. The first-order valence-electron chi connectivity index (χ1n) is 14.6. The number of hydrogen-bond acceptors (Lipinski definition) is 5. The van der Waals surface area contributed by atoms with Gasteiger partial charge in [-0.25, -0.2) is 14.5 Å². The van der Waals surface area contributed by atoms with Gasteiger partial charge in [-0.05, 0) is 80.1 Å². The highest BCUT2D eigenvalue weighted by Crippen LogP contribution is 2.24. The van der Waals surface area contributed by atoms with Crippen LogP contribution in [0.5, 0.6) is 5.75 Å². The van der Waals surface area contributed by atoms with Crippen LogP contribution in [0.2, 0.25) is 0 Å². The second kappa shape index (κ2) is 13.9. The molecule has 1 N–H and O–H groups in total. The number of urea groups is 1. The van der Waals surface area contributed by atoms with Gasteiger partial charge in [0.05, 0.1) is 11.4 Å². The Morgan fingerprint density at radius 1 is 1.02 bits per heavy atom. The summed E-state index contributed by atoms with van der Waals surface area (Å²) in [6.07, 6.45) is 0.236. The number of aryl methyl sites for hydroxylation is 4. The van der Waals surface area contributed by atoms with E-state index in [1.165, 1.54) is 52.2 Å². The molecule has 12 heteroatoms. The summed E-state index contributed by atoms with van der Waals surface area (Å²) in [6, 6.07) is 19.2. The molecule has 0 atom stereocenters. The van der Waals surface area contributed by atoms with E-state index in [9.17, 15) is 18.0 Å². The van der Waals surface area contributed by atoms with Gasteiger partial charge in [0.25, 0.3) is 0 Å². The zero-order valence-corrected chi connectivity index (χ0v) is 26.0. The van der Waals surface area contributed by atoms with Crippen LogP contribution in [0.15, 0.2) is 83.4 Å². The largest absolute Gasteiger partial charge is 0.573 e. The molecule has 0 radical (unpaired) electrons. The second-order valence-electron chi connectivity index (χ2n) is 10.6. The van der Waals surface area contributed by atoms with E-state index in [1.807, 2.05) is 36.6 Å². The quantitative estimate of drug-likeness (QED) is 0.161. The van der Waals surface area contributed by atoms with Gasteiger partial charge in [-0.3, -0.25) is 4.57 Å². The number of carbonyl (C=O) groups excluding carboxylic acids is 1. The van der Waals surface area contributed by atoms with Gasteiger partial charge in [0.2, 0.25) is 0 Å². The first-order valence-corrected chi connectivity index (χ1v) is 15.4. The highest BCUT2D eigenvalue weighted by Gasteiger charge is 2.31. The lowest BCUT2D eigenvalue weighted by molar-refractivity contribution is -0.274. The van der Waals surface area contributed by atoms with E-state index in [-0.39, 0.29) is 11.8 Å². The van der Waals surface area contributed by atoms with E-state index in [4.69, 9.17) is 0 Å². The van der Waals surface area contributed by atoms with E-state index in [2.05, 4.69) is 61.7 Å². The van der Waals surface area contributed by atoms with Crippen molar-refractivity contribution in [3.8, 4) is 28.5 Å². The number of ether oxygens (including phenoxy) is 1. The topological polar surface area (TPSA) is 86.3 Å². The zero-order chi connectivity index (χ0) is 32.0. The van der Waals surface area contributed by atoms with E-state index in [0.717, 1.165) is 53.8 Å². The van der Waals surface area contributed by atoms with Gasteiger partial charge in [0, 0.05) is 23.2 Å². The number of rotatable bonds is 10. The Balaban J connectivity index is 1.15. The fourth-order valence-corrected chi connectivity index (χ4v) is 5.75. The summed E-state index contributed by atoms with van der Waals surface area (Å²) in [7, 11) is 0. The van der Waals surface area contributed by atoms with Crippen LogP contribution in [0.1, 0.15) is 42.1 Å². The zero-order valence-electron chi connectivity index (χ0n) is 25.1. The second-order valence-corrected chi connectivity index (χ2v) is 11.4. The SMILES string of the molecule is CCCc1ccc(C)cc1-n1c(C)cs/c1=N\C(=O)NCCCc1ccc(-c2ncn(-c3ccc(OC(F)(F)F)cc3)n2)cc1. The first-order chi connectivity index (χ1) is 21.6. The summed E-state index contributed by atoms with van der Waals surface area (Å²) >= 11 is 1.45. The lowest BCUT2D eigenvalue weighted by Gasteiger charge is -2.13. The average molecular weight is 635 g/mol. The Kier molecular flexibility index (Phi) is 9.82. The molecule has 234 valence electrons. The standard InChI is InChI=1S/C33H33F3N6O2S/c1-4-6-25-11-8-22(2)19-29(25)42-23(3)20-45-32(42)39-31(43)37-18-5-7-24-9-12-26(13-10-24)30-38-21-41(40-30)27-14-16-28(17-15-27)44-33(34,35)36/h8-17,19-21H,4-7,18H2,1-3H3,(H,37,43)/b39-32-. The maximum atomic E-state index is 12.7. The Morgan fingerprint density at radius 3 is 2.49 bits per heavy atom. The lowest BCUT2D eigenvalue weighted by Crippen LogP contribution is -2.26. The highest BCUT2D eigenvalue weighted by atomic mass is 32.1. The molecule has 0 aliphatic rings. The minimum absolute atomic E-state index is 0.305. The van der Waals surface area contributed by atoms with Crippen LogP contribution in [0.25, 0.3) is 22.8 Å². The molecule has 2 amide bonds. The number of amides is 2. The van der Waals surface area contributed by atoms with Crippen LogP contribution < -0.4 is 14.9 Å². The van der Waals surface area contributed by atoms with E-state index in [0.29, 0.717) is 22.9 Å². The molecule has 0 aliphatic heterocycles. The van der Waals surface area contributed by atoms with Crippen molar-refractivity contribution in [2.75, 3.05) is 6.54 Å². The molecule has 8 nitrogen and oxygen atoms in total. The van der Waals surface area contributed by atoms with Crippen LogP contribution in [-0.4, -0.2) is 38.3 Å². The number of halogens is 3.